The maximum Gasteiger partial charge on any atom is 0.254 e. The van der Waals surface area contributed by atoms with Crippen molar-refractivity contribution in [3.63, 3.8) is 0 Å². The van der Waals surface area contributed by atoms with Crippen LogP contribution in [0, 0.1) is 0 Å². The molecule has 2 aromatic carbocycles. The maximum absolute atomic E-state index is 12.7. The molecule has 0 aliphatic carbocycles. The van der Waals surface area contributed by atoms with E-state index >= 15 is 0 Å². The molecule has 1 aliphatic heterocycles. The molecule has 7 nitrogen and oxygen atoms in total. The summed E-state index contributed by atoms with van der Waals surface area (Å²) >= 11 is 0. The van der Waals surface area contributed by atoms with Crippen molar-refractivity contribution in [1.29, 1.82) is 0 Å². The smallest absolute Gasteiger partial charge is 0.254 e. The van der Waals surface area contributed by atoms with Crippen molar-refractivity contribution in [2.45, 2.75) is 12.8 Å². The van der Waals surface area contributed by atoms with Crippen LogP contribution in [0.3, 0.4) is 0 Å². The molecule has 1 fully saturated rings. The lowest BCUT2D eigenvalue weighted by Crippen LogP contribution is -2.38. The van der Waals surface area contributed by atoms with Gasteiger partial charge in [0.1, 0.15) is 0 Å². The van der Waals surface area contributed by atoms with Gasteiger partial charge < -0.3 is 25.1 Å². The number of rotatable bonds is 3. The Kier molecular flexibility index (Phi) is 5.49. The van der Waals surface area contributed by atoms with Gasteiger partial charge in [-0.05, 0) is 24.1 Å². The van der Waals surface area contributed by atoms with Crippen molar-refractivity contribution in [3.05, 3.63) is 53.6 Å². The van der Waals surface area contributed by atoms with Gasteiger partial charge in [0.15, 0.2) is 17.2 Å². The Morgan fingerprint density at radius 3 is 2.11 bits per heavy atom. The highest BCUT2D eigenvalue weighted by Crippen LogP contribution is 2.35. The first-order valence-electron chi connectivity index (χ1n) is 8.81. The van der Waals surface area contributed by atoms with Crippen molar-refractivity contribution in [3.8, 4) is 17.2 Å². The summed E-state index contributed by atoms with van der Waals surface area (Å²) < 4.78 is 0. The number of carbonyl (C=O) groups is 2. The summed E-state index contributed by atoms with van der Waals surface area (Å²) in [6.07, 6.45) is 0.969. The molecule has 1 aliphatic rings. The van der Waals surface area contributed by atoms with Gasteiger partial charge in [-0.25, -0.2) is 0 Å². The SMILES string of the molecule is O=C(Cc1ccccc1)N1CCCN(C(=O)c2cc(O)c(O)c(O)c2)CC1. The highest BCUT2D eigenvalue weighted by molar-refractivity contribution is 5.95. The van der Waals surface area contributed by atoms with Gasteiger partial charge in [-0.15, -0.1) is 0 Å². The molecule has 2 aromatic rings. The van der Waals surface area contributed by atoms with Crippen molar-refractivity contribution in [2.75, 3.05) is 26.2 Å². The molecule has 0 atom stereocenters. The highest BCUT2D eigenvalue weighted by atomic mass is 16.3. The molecule has 0 unspecified atom stereocenters. The van der Waals surface area contributed by atoms with E-state index in [4.69, 9.17) is 0 Å². The van der Waals surface area contributed by atoms with Crippen LogP contribution in [0.1, 0.15) is 22.3 Å². The minimum absolute atomic E-state index is 0.0235. The first-order valence-corrected chi connectivity index (χ1v) is 8.81. The summed E-state index contributed by atoms with van der Waals surface area (Å²) in [6, 6.07) is 11.8. The van der Waals surface area contributed by atoms with Gasteiger partial charge in [0.2, 0.25) is 5.91 Å². The quantitative estimate of drug-likeness (QED) is 0.714. The second-order valence-electron chi connectivity index (χ2n) is 6.55. The van der Waals surface area contributed by atoms with Crippen LogP contribution in [-0.2, 0) is 11.2 Å². The third-order valence-corrected chi connectivity index (χ3v) is 4.65. The molecule has 142 valence electrons. The Hall–Kier alpha value is -3.22. The minimum Gasteiger partial charge on any atom is -0.504 e. The molecule has 0 spiro atoms. The maximum atomic E-state index is 12.7. The fourth-order valence-electron chi connectivity index (χ4n) is 3.16. The molecule has 3 N–H and O–H groups in total. The normalized spacial score (nSPS) is 14.7. The summed E-state index contributed by atoms with van der Waals surface area (Å²) in [4.78, 5) is 28.5. The second kappa shape index (κ2) is 7.99. The van der Waals surface area contributed by atoms with Crippen molar-refractivity contribution in [2.24, 2.45) is 0 Å². The van der Waals surface area contributed by atoms with Gasteiger partial charge in [0, 0.05) is 31.7 Å². The molecule has 27 heavy (non-hydrogen) atoms. The van der Waals surface area contributed by atoms with Crippen LogP contribution in [-0.4, -0.2) is 63.1 Å². The van der Waals surface area contributed by atoms with Gasteiger partial charge in [0.05, 0.1) is 6.42 Å². The molecule has 0 bridgehead atoms. The zero-order valence-corrected chi connectivity index (χ0v) is 14.8. The summed E-state index contributed by atoms with van der Waals surface area (Å²) in [6.45, 7) is 1.83. The lowest BCUT2D eigenvalue weighted by atomic mass is 10.1. The summed E-state index contributed by atoms with van der Waals surface area (Å²) in [7, 11) is 0. The number of carbonyl (C=O) groups excluding carboxylic acids is 2. The third kappa shape index (κ3) is 4.31. The van der Waals surface area contributed by atoms with E-state index in [0.29, 0.717) is 39.0 Å². The third-order valence-electron chi connectivity index (χ3n) is 4.65. The minimum atomic E-state index is -0.653. The highest BCUT2D eigenvalue weighted by Gasteiger charge is 2.24. The molecular formula is C20H22N2O5. The molecule has 0 radical (unpaired) electrons. The lowest BCUT2D eigenvalue weighted by molar-refractivity contribution is -0.130. The molecule has 2 amide bonds. The molecular weight excluding hydrogens is 348 g/mol. The Balaban J connectivity index is 1.64. The van der Waals surface area contributed by atoms with Crippen molar-refractivity contribution >= 4 is 11.8 Å². The Morgan fingerprint density at radius 1 is 0.852 bits per heavy atom. The van der Waals surface area contributed by atoms with Crippen LogP contribution in [0.4, 0.5) is 0 Å². The molecule has 7 heteroatoms. The van der Waals surface area contributed by atoms with Crippen LogP contribution in [0.15, 0.2) is 42.5 Å². The number of nitrogens with zero attached hydrogens (tertiary/aromatic N) is 2. The fraction of sp³-hybridized carbons (Fsp3) is 0.300. The van der Waals surface area contributed by atoms with E-state index in [1.165, 1.54) is 0 Å². The van der Waals surface area contributed by atoms with Crippen LogP contribution >= 0.6 is 0 Å². The van der Waals surface area contributed by atoms with Crippen LogP contribution in [0.25, 0.3) is 0 Å². The Labute approximate surface area is 157 Å². The average molecular weight is 370 g/mol. The van der Waals surface area contributed by atoms with Crippen molar-refractivity contribution < 1.29 is 24.9 Å². The molecule has 0 aromatic heterocycles. The monoisotopic (exact) mass is 370 g/mol. The van der Waals surface area contributed by atoms with Gasteiger partial charge >= 0.3 is 0 Å². The van der Waals surface area contributed by atoms with E-state index in [0.717, 1.165) is 17.7 Å². The molecule has 1 heterocycles. The van der Waals surface area contributed by atoms with E-state index in [9.17, 15) is 24.9 Å². The van der Waals surface area contributed by atoms with E-state index in [2.05, 4.69) is 0 Å². The number of benzene rings is 2. The first kappa shape index (κ1) is 18.6. The Bertz CT molecular complexity index is 815. The van der Waals surface area contributed by atoms with E-state index in [1.807, 2.05) is 30.3 Å². The topological polar surface area (TPSA) is 101 Å². The summed E-state index contributed by atoms with van der Waals surface area (Å²) in [5, 5.41) is 28.6. The van der Waals surface area contributed by atoms with E-state index in [-0.39, 0.29) is 17.4 Å². The van der Waals surface area contributed by atoms with Gasteiger partial charge in [-0.2, -0.15) is 0 Å². The van der Waals surface area contributed by atoms with Crippen LogP contribution in [0.5, 0.6) is 17.2 Å². The molecule has 0 saturated carbocycles. The van der Waals surface area contributed by atoms with E-state index < -0.39 is 17.2 Å². The molecule has 3 rings (SSSR count). The number of hydrogen-bond donors (Lipinski definition) is 3. The Morgan fingerprint density at radius 2 is 1.44 bits per heavy atom. The standard InChI is InChI=1S/C20H22N2O5/c23-16-12-15(13-17(24)19(16)26)20(27)22-8-4-7-21(9-10-22)18(25)11-14-5-2-1-3-6-14/h1-3,5-6,12-13,23-24,26H,4,7-11H2. The second-order valence-corrected chi connectivity index (χ2v) is 6.55. The lowest BCUT2D eigenvalue weighted by Gasteiger charge is -2.22. The number of phenolic OH excluding ortho intramolecular Hbond substituents is 3. The van der Waals surface area contributed by atoms with Gasteiger partial charge in [0.25, 0.3) is 5.91 Å². The number of phenols is 3. The molecule has 1 saturated heterocycles. The van der Waals surface area contributed by atoms with E-state index in [1.54, 1.807) is 9.80 Å². The first-order chi connectivity index (χ1) is 13.0. The summed E-state index contributed by atoms with van der Waals surface area (Å²) in [5.41, 5.74) is 1.04. The number of aromatic hydroxyl groups is 3. The zero-order valence-electron chi connectivity index (χ0n) is 14.8. The predicted octanol–water partition coefficient (Wildman–Crippen LogP) is 1.72. The van der Waals surface area contributed by atoms with Gasteiger partial charge in [-0.1, -0.05) is 30.3 Å². The van der Waals surface area contributed by atoms with Gasteiger partial charge in [-0.3, -0.25) is 9.59 Å². The predicted molar refractivity (Wildman–Crippen MR) is 98.7 cm³/mol. The van der Waals surface area contributed by atoms with Crippen molar-refractivity contribution in [1.82, 2.24) is 9.80 Å². The fourth-order valence-corrected chi connectivity index (χ4v) is 3.16. The largest absolute Gasteiger partial charge is 0.504 e. The zero-order chi connectivity index (χ0) is 19.4. The number of hydrogen-bond acceptors (Lipinski definition) is 5. The average Bonchev–Trinajstić information content (AvgIpc) is 2.92. The summed E-state index contributed by atoms with van der Waals surface area (Å²) in [5.74, 6) is -2.09. The van der Waals surface area contributed by atoms with Crippen LogP contribution < -0.4 is 0 Å². The number of amides is 2. The van der Waals surface area contributed by atoms with Crippen LogP contribution in [0.2, 0.25) is 0 Å².